The van der Waals surface area contributed by atoms with Gasteiger partial charge in [-0.1, -0.05) is 0 Å². The predicted octanol–water partition coefficient (Wildman–Crippen LogP) is 1.29. The van der Waals surface area contributed by atoms with E-state index in [1.807, 2.05) is 4.90 Å². The van der Waals surface area contributed by atoms with Gasteiger partial charge in [-0.3, -0.25) is 4.79 Å². The van der Waals surface area contributed by atoms with Crippen LogP contribution in [0.2, 0.25) is 0 Å². The predicted molar refractivity (Wildman–Crippen MR) is 73.0 cm³/mol. The molecule has 3 rings (SSSR count). The van der Waals surface area contributed by atoms with Gasteiger partial charge < -0.3 is 19.5 Å². The molecule has 5 heteroatoms. The van der Waals surface area contributed by atoms with Crippen molar-refractivity contribution in [2.45, 2.75) is 56.8 Å². The minimum atomic E-state index is -0.394. The molecular formula is C15H25NO4. The van der Waals surface area contributed by atoms with Crippen LogP contribution in [0.3, 0.4) is 0 Å². The third-order valence-electron chi connectivity index (χ3n) is 5.03. The number of carbonyl (C=O) groups excluding carboxylic acids is 1. The highest BCUT2D eigenvalue weighted by Gasteiger charge is 2.43. The van der Waals surface area contributed by atoms with Gasteiger partial charge >= 0.3 is 0 Å². The molecule has 0 aromatic rings. The maximum atomic E-state index is 12.7. The van der Waals surface area contributed by atoms with E-state index in [1.165, 1.54) is 0 Å². The molecule has 3 aliphatic rings. The first-order valence-electron chi connectivity index (χ1n) is 7.93. The van der Waals surface area contributed by atoms with E-state index in [9.17, 15) is 9.90 Å². The first kappa shape index (κ1) is 14.3. The quantitative estimate of drug-likeness (QED) is 0.829. The van der Waals surface area contributed by atoms with Crippen molar-refractivity contribution >= 4 is 5.91 Å². The Bertz CT molecular complexity index is 344. The summed E-state index contributed by atoms with van der Waals surface area (Å²) in [7, 11) is 0. The molecule has 1 amide bonds. The van der Waals surface area contributed by atoms with E-state index in [1.54, 1.807) is 0 Å². The normalized spacial score (nSPS) is 30.9. The lowest BCUT2D eigenvalue weighted by molar-refractivity contribution is -0.185. The molecule has 1 saturated carbocycles. The number of nitrogens with zero attached hydrogens (tertiary/aromatic N) is 1. The van der Waals surface area contributed by atoms with Crippen LogP contribution >= 0.6 is 0 Å². The molecular weight excluding hydrogens is 258 g/mol. The van der Waals surface area contributed by atoms with Crippen molar-refractivity contribution in [2.24, 2.45) is 5.92 Å². The number of hydrogen-bond acceptors (Lipinski definition) is 4. The number of piperidine rings is 1. The average molecular weight is 283 g/mol. The highest BCUT2D eigenvalue weighted by Crippen LogP contribution is 2.39. The summed E-state index contributed by atoms with van der Waals surface area (Å²) in [6.07, 6.45) is 6.43. The Kier molecular flexibility index (Phi) is 4.29. The van der Waals surface area contributed by atoms with Gasteiger partial charge in [-0.05, 0) is 32.1 Å². The summed E-state index contributed by atoms with van der Waals surface area (Å²) in [5.41, 5.74) is 0. The van der Waals surface area contributed by atoms with E-state index in [0.29, 0.717) is 13.2 Å². The summed E-state index contributed by atoms with van der Waals surface area (Å²) in [6.45, 7) is 2.25. The molecule has 2 aliphatic heterocycles. The number of rotatable bonds is 2. The fourth-order valence-corrected chi connectivity index (χ4v) is 3.81. The van der Waals surface area contributed by atoms with E-state index in [-0.39, 0.29) is 24.5 Å². The zero-order valence-corrected chi connectivity index (χ0v) is 12.1. The molecule has 1 N–H and O–H groups in total. The maximum absolute atomic E-state index is 12.7. The molecule has 0 radical (unpaired) electrons. The van der Waals surface area contributed by atoms with Crippen LogP contribution in [0.1, 0.15) is 44.9 Å². The first-order valence-corrected chi connectivity index (χ1v) is 7.93. The average Bonchev–Trinajstić information content (AvgIpc) is 2.95. The van der Waals surface area contributed by atoms with Crippen molar-refractivity contribution in [1.82, 2.24) is 4.90 Å². The van der Waals surface area contributed by atoms with Gasteiger partial charge in [-0.2, -0.15) is 0 Å². The van der Waals surface area contributed by atoms with Crippen molar-refractivity contribution in [2.75, 3.05) is 26.4 Å². The zero-order valence-electron chi connectivity index (χ0n) is 12.1. The SMILES string of the molecule is O=C(C1CCC2(CC1)OCCO2)N1CCCCC1CO. The molecule has 5 nitrogen and oxygen atoms in total. The number of aliphatic hydroxyl groups excluding tert-OH is 1. The van der Waals surface area contributed by atoms with Crippen LogP contribution in [0.25, 0.3) is 0 Å². The molecule has 0 aromatic carbocycles. The van der Waals surface area contributed by atoms with Crippen molar-refractivity contribution in [1.29, 1.82) is 0 Å². The number of amides is 1. The van der Waals surface area contributed by atoms with Crippen LogP contribution < -0.4 is 0 Å². The summed E-state index contributed by atoms with van der Waals surface area (Å²) < 4.78 is 11.4. The number of likely N-dealkylation sites (tertiary alicyclic amines) is 1. The van der Waals surface area contributed by atoms with E-state index in [2.05, 4.69) is 0 Å². The largest absolute Gasteiger partial charge is 0.394 e. The number of carbonyl (C=O) groups is 1. The van der Waals surface area contributed by atoms with Gasteiger partial charge in [-0.25, -0.2) is 0 Å². The Morgan fingerprint density at radius 1 is 1.15 bits per heavy atom. The van der Waals surface area contributed by atoms with Crippen molar-refractivity contribution in [3.8, 4) is 0 Å². The van der Waals surface area contributed by atoms with Gasteiger partial charge in [0.2, 0.25) is 5.91 Å². The van der Waals surface area contributed by atoms with Gasteiger partial charge in [0.05, 0.1) is 25.9 Å². The van der Waals surface area contributed by atoms with Crippen LogP contribution in [0.4, 0.5) is 0 Å². The second-order valence-electron chi connectivity index (χ2n) is 6.25. The molecule has 3 fully saturated rings. The van der Waals surface area contributed by atoms with Gasteiger partial charge in [0.15, 0.2) is 5.79 Å². The fourth-order valence-electron chi connectivity index (χ4n) is 3.81. The van der Waals surface area contributed by atoms with E-state index in [0.717, 1.165) is 51.5 Å². The Hall–Kier alpha value is -0.650. The molecule has 114 valence electrons. The molecule has 2 heterocycles. The Labute approximate surface area is 120 Å². The van der Waals surface area contributed by atoms with Crippen molar-refractivity contribution in [3.05, 3.63) is 0 Å². The number of ether oxygens (including phenoxy) is 2. The van der Waals surface area contributed by atoms with E-state index < -0.39 is 5.79 Å². The second kappa shape index (κ2) is 6.00. The summed E-state index contributed by atoms with van der Waals surface area (Å²) in [5.74, 6) is -0.0770. The summed E-state index contributed by atoms with van der Waals surface area (Å²) in [5, 5.41) is 9.44. The highest BCUT2D eigenvalue weighted by molar-refractivity contribution is 5.79. The Morgan fingerprint density at radius 3 is 2.50 bits per heavy atom. The highest BCUT2D eigenvalue weighted by atomic mass is 16.7. The van der Waals surface area contributed by atoms with Crippen LogP contribution in [0.5, 0.6) is 0 Å². The molecule has 20 heavy (non-hydrogen) atoms. The minimum absolute atomic E-state index is 0.0334. The van der Waals surface area contributed by atoms with Gasteiger partial charge in [0.1, 0.15) is 0 Å². The van der Waals surface area contributed by atoms with Gasteiger partial charge in [0.25, 0.3) is 0 Å². The monoisotopic (exact) mass is 283 g/mol. The topological polar surface area (TPSA) is 59.0 Å². The Balaban J connectivity index is 1.58. The fraction of sp³-hybridized carbons (Fsp3) is 0.933. The minimum Gasteiger partial charge on any atom is -0.394 e. The van der Waals surface area contributed by atoms with Crippen LogP contribution in [0.15, 0.2) is 0 Å². The zero-order chi connectivity index (χ0) is 14.0. The molecule has 1 unspecified atom stereocenters. The lowest BCUT2D eigenvalue weighted by atomic mass is 9.83. The first-order chi connectivity index (χ1) is 9.74. The molecule has 0 aromatic heterocycles. The summed E-state index contributed by atoms with van der Waals surface area (Å²) >= 11 is 0. The molecule has 1 aliphatic carbocycles. The summed E-state index contributed by atoms with van der Waals surface area (Å²) in [6, 6.07) is 0.0334. The van der Waals surface area contributed by atoms with E-state index in [4.69, 9.17) is 9.47 Å². The lowest BCUT2D eigenvalue weighted by Crippen LogP contribution is -2.49. The molecule has 1 atom stereocenters. The van der Waals surface area contributed by atoms with Crippen molar-refractivity contribution < 1.29 is 19.4 Å². The molecule has 1 spiro atoms. The van der Waals surface area contributed by atoms with E-state index >= 15 is 0 Å². The van der Waals surface area contributed by atoms with Crippen LogP contribution in [-0.2, 0) is 14.3 Å². The number of hydrogen-bond donors (Lipinski definition) is 1. The van der Waals surface area contributed by atoms with Crippen LogP contribution in [-0.4, -0.2) is 54.1 Å². The lowest BCUT2D eigenvalue weighted by Gasteiger charge is -2.40. The van der Waals surface area contributed by atoms with Gasteiger partial charge in [0, 0.05) is 25.3 Å². The smallest absolute Gasteiger partial charge is 0.226 e. The third-order valence-corrected chi connectivity index (χ3v) is 5.03. The van der Waals surface area contributed by atoms with Gasteiger partial charge in [-0.15, -0.1) is 0 Å². The molecule has 2 saturated heterocycles. The summed E-state index contributed by atoms with van der Waals surface area (Å²) in [4.78, 5) is 14.6. The standard InChI is InChI=1S/C15H25NO4/c17-11-13-3-1-2-8-16(13)14(18)12-4-6-15(7-5-12)19-9-10-20-15/h12-13,17H,1-11H2. The maximum Gasteiger partial charge on any atom is 0.226 e. The third kappa shape index (κ3) is 2.71. The molecule has 0 bridgehead atoms. The second-order valence-corrected chi connectivity index (χ2v) is 6.25. The van der Waals surface area contributed by atoms with Crippen molar-refractivity contribution in [3.63, 3.8) is 0 Å². The van der Waals surface area contributed by atoms with Crippen LogP contribution in [0, 0.1) is 5.92 Å². The Morgan fingerprint density at radius 2 is 1.85 bits per heavy atom. The number of aliphatic hydroxyl groups is 1.